The van der Waals surface area contributed by atoms with Crippen LogP contribution in [0.15, 0.2) is 83.1 Å². The molecule has 0 saturated carbocycles. The molecule has 0 saturated heterocycles. The molecule has 10 heteroatoms. The number of nitro groups is 1. The number of pyridine rings is 1. The summed E-state index contributed by atoms with van der Waals surface area (Å²) in [6.07, 6.45) is 2.86. The van der Waals surface area contributed by atoms with Gasteiger partial charge in [0.05, 0.1) is 10.4 Å². The molecule has 2 aromatic heterocycles. The van der Waals surface area contributed by atoms with Gasteiger partial charge >= 0.3 is 5.69 Å². The van der Waals surface area contributed by atoms with E-state index < -0.39 is 10.8 Å². The van der Waals surface area contributed by atoms with Crippen LogP contribution in [0.25, 0.3) is 10.9 Å². The Morgan fingerprint density at radius 1 is 0.967 bits per heavy atom. The number of carbonyl (C=O) groups excluding carboxylic acids is 1. The SMILES string of the molecule is O=C(NNc1ncnc(Sc2cccc3cccnc23)c1[N+](=O)[O-])c1ccccc1. The summed E-state index contributed by atoms with van der Waals surface area (Å²) in [6.45, 7) is 0. The molecule has 0 spiro atoms. The number of hydrogen-bond acceptors (Lipinski definition) is 8. The summed E-state index contributed by atoms with van der Waals surface area (Å²) >= 11 is 1.11. The van der Waals surface area contributed by atoms with Crippen LogP contribution < -0.4 is 10.9 Å². The predicted molar refractivity (Wildman–Crippen MR) is 112 cm³/mol. The number of hydrogen-bond donors (Lipinski definition) is 2. The highest BCUT2D eigenvalue weighted by Crippen LogP contribution is 2.38. The van der Waals surface area contributed by atoms with E-state index in [1.807, 2.05) is 30.3 Å². The number of para-hydroxylation sites is 1. The van der Waals surface area contributed by atoms with Crippen LogP contribution in [-0.2, 0) is 0 Å². The van der Waals surface area contributed by atoms with Crippen LogP contribution in [0.3, 0.4) is 0 Å². The molecular formula is C20H14N6O3S. The lowest BCUT2D eigenvalue weighted by Gasteiger charge is -2.10. The summed E-state index contributed by atoms with van der Waals surface area (Å²) in [6, 6.07) is 17.8. The Bertz CT molecular complexity index is 1230. The van der Waals surface area contributed by atoms with Crippen LogP contribution in [0.1, 0.15) is 10.4 Å². The molecule has 148 valence electrons. The number of carbonyl (C=O) groups is 1. The van der Waals surface area contributed by atoms with E-state index in [2.05, 4.69) is 25.8 Å². The lowest BCUT2D eigenvalue weighted by Crippen LogP contribution is -2.30. The molecular weight excluding hydrogens is 404 g/mol. The van der Waals surface area contributed by atoms with E-state index in [4.69, 9.17) is 0 Å². The summed E-state index contributed by atoms with van der Waals surface area (Å²) in [5.41, 5.74) is 5.73. The van der Waals surface area contributed by atoms with Crippen molar-refractivity contribution in [1.29, 1.82) is 0 Å². The van der Waals surface area contributed by atoms with E-state index in [0.29, 0.717) is 16.0 Å². The molecule has 4 aromatic rings. The maximum atomic E-state index is 12.2. The van der Waals surface area contributed by atoms with Gasteiger partial charge in [0.1, 0.15) is 6.33 Å². The molecule has 2 heterocycles. The van der Waals surface area contributed by atoms with Gasteiger partial charge < -0.3 is 0 Å². The minimum absolute atomic E-state index is 0.116. The van der Waals surface area contributed by atoms with Crippen molar-refractivity contribution in [2.75, 3.05) is 5.43 Å². The smallest absolute Gasteiger partial charge is 0.276 e. The van der Waals surface area contributed by atoms with Gasteiger partial charge in [-0.3, -0.25) is 30.7 Å². The van der Waals surface area contributed by atoms with Gasteiger partial charge in [-0.1, -0.05) is 48.2 Å². The highest BCUT2D eigenvalue weighted by atomic mass is 32.2. The molecule has 9 nitrogen and oxygen atoms in total. The van der Waals surface area contributed by atoms with Gasteiger partial charge in [0, 0.05) is 22.0 Å². The zero-order valence-electron chi connectivity index (χ0n) is 15.4. The first kappa shape index (κ1) is 19.3. The third-order valence-electron chi connectivity index (χ3n) is 4.10. The first-order valence-corrected chi connectivity index (χ1v) is 9.57. The van der Waals surface area contributed by atoms with Gasteiger partial charge in [-0.25, -0.2) is 9.97 Å². The maximum absolute atomic E-state index is 12.2. The molecule has 2 N–H and O–H groups in total. The Hall–Kier alpha value is -4.05. The minimum atomic E-state index is -0.585. The van der Waals surface area contributed by atoms with Crippen LogP contribution in [-0.4, -0.2) is 25.8 Å². The van der Waals surface area contributed by atoms with Crippen molar-refractivity contribution in [2.24, 2.45) is 0 Å². The van der Waals surface area contributed by atoms with Crippen molar-refractivity contribution in [2.45, 2.75) is 9.92 Å². The van der Waals surface area contributed by atoms with Gasteiger partial charge in [0.15, 0.2) is 5.03 Å². The highest BCUT2D eigenvalue weighted by Gasteiger charge is 2.25. The van der Waals surface area contributed by atoms with E-state index in [0.717, 1.165) is 17.1 Å². The molecule has 0 fully saturated rings. The molecule has 0 bridgehead atoms. The molecule has 0 aliphatic rings. The zero-order valence-corrected chi connectivity index (χ0v) is 16.2. The third-order valence-corrected chi connectivity index (χ3v) is 5.15. The Morgan fingerprint density at radius 2 is 1.77 bits per heavy atom. The van der Waals surface area contributed by atoms with E-state index >= 15 is 0 Å². The largest absolute Gasteiger partial charge is 0.345 e. The van der Waals surface area contributed by atoms with Gasteiger partial charge in [0.2, 0.25) is 5.82 Å². The Labute approximate surface area is 174 Å². The fourth-order valence-corrected chi connectivity index (χ4v) is 3.72. The number of benzene rings is 2. The van der Waals surface area contributed by atoms with Crippen molar-refractivity contribution in [3.63, 3.8) is 0 Å². The first-order chi connectivity index (χ1) is 14.6. The zero-order chi connectivity index (χ0) is 20.9. The fourth-order valence-electron chi connectivity index (χ4n) is 2.73. The monoisotopic (exact) mass is 418 g/mol. The quantitative estimate of drug-likeness (QED) is 0.275. The van der Waals surface area contributed by atoms with Crippen LogP contribution in [0, 0.1) is 10.1 Å². The molecule has 0 radical (unpaired) electrons. The number of anilines is 1. The number of hydrazine groups is 1. The first-order valence-electron chi connectivity index (χ1n) is 8.76. The Balaban J connectivity index is 1.63. The van der Waals surface area contributed by atoms with Crippen LogP contribution >= 0.6 is 11.8 Å². The summed E-state index contributed by atoms with van der Waals surface area (Å²) in [4.78, 5) is 36.5. The molecule has 4 rings (SSSR count). The van der Waals surface area contributed by atoms with E-state index in [1.54, 1.807) is 36.5 Å². The molecule has 0 aliphatic carbocycles. The highest BCUT2D eigenvalue weighted by molar-refractivity contribution is 7.99. The number of fused-ring (bicyclic) bond motifs is 1. The van der Waals surface area contributed by atoms with E-state index in [-0.39, 0.29) is 16.5 Å². The fraction of sp³-hybridized carbons (Fsp3) is 0. The Morgan fingerprint density at radius 3 is 2.57 bits per heavy atom. The van der Waals surface area contributed by atoms with Crippen LogP contribution in [0.5, 0.6) is 0 Å². The average molecular weight is 418 g/mol. The second-order valence-corrected chi connectivity index (χ2v) is 7.04. The van der Waals surface area contributed by atoms with Gasteiger partial charge in [0.25, 0.3) is 5.91 Å². The molecule has 2 aromatic carbocycles. The predicted octanol–water partition coefficient (Wildman–Crippen LogP) is 3.84. The number of nitrogens with zero attached hydrogens (tertiary/aromatic N) is 4. The second-order valence-electron chi connectivity index (χ2n) is 6.01. The topological polar surface area (TPSA) is 123 Å². The molecule has 0 aliphatic heterocycles. The normalized spacial score (nSPS) is 10.5. The van der Waals surface area contributed by atoms with Gasteiger partial charge in [-0.15, -0.1) is 0 Å². The molecule has 1 amide bonds. The standard InChI is InChI=1S/C20H14N6O3S/c27-19(14-6-2-1-3-7-14)25-24-18-17(26(28)29)20(23-12-22-18)30-15-10-4-8-13-9-5-11-21-16(13)15/h1-12H,(H,25,27)(H,22,23,24). The summed E-state index contributed by atoms with van der Waals surface area (Å²) in [5, 5.41) is 12.8. The molecule has 30 heavy (non-hydrogen) atoms. The lowest BCUT2D eigenvalue weighted by atomic mass is 10.2. The van der Waals surface area contributed by atoms with Crippen molar-refractivity contribution in [3.8, 4) is 0 Å². The third kappa shape index (κ3) is 4.03. The summed E-state index contributed by atoms with van der Waals surface area (Å²) in [7, 11) is 0. The second kappa shape index (κ2) is 8.53. The average Bonchev–Trinajstić information content (AvgIpc) is 2.78. The van der Waals surface area contributed by atoms with Crippen molar-refractivity contribution in [3.05, 3.63) is 88.9 Å². The van der Waals surface area contributed by atoms with Crippen LogP contribution in [0.2, 0.25) is 0 Å². The lowest BCUT2D eigenvalue weighted by molar-refractivity contribution is -0.387. The van der Waals surface area contributed by atoms with Crippen molar-refractivity contribution < 1.29 is 9.72 Å². The summed E-state index contributed by atoms with van der Waals surface area (Å²) < 4.78 is 0. The Kier molecular flexibility index (Phi) is 5.48. The number of aromatic nitrogens is 3. The van der Waals surface area contributed by atoms with E-state index in [9.17, 15) is 14.9 Å². The van der Waals surface area contributed by atoms with Crippen LogP contribution in [0.4, 0.5) is 11.5 Å². The van der Waals surface area contributed by atoms with Crippen molar-refractivity contribution >= 4 is 40.1 Å². The number of amides is 1. The maximum Gasteiger partial charge on any atom is 0.345 e. The van der Waals surface area contributed by atoms with Gasteiger partial charge in [-0.05, 0) is 24.3 Å². The summed E-state index contributed by atoms with van der Waals surface area (Å²) in [5.74, 6) is -0.564. The number of nitrogens with one attached hydrogen (secondary N) is 2. The van der Waals surface area contributed by atoms with Gasteiger partial charge in [-0.2, -0.15) is 0 Å². The molecule has 0 atom stereocenters. The van der Waals surface area contributed by atoms with Crippen molar-refractivity contribution in [1.82, 2.24) is 20.4 Å². The van der Waals surface area contributed by atoms with E-state index in [1.165, 1.54) is 6.33 Å². The molecule has 0 unspecified atom stereocenters. The number of rotatable bonds is 6. The minimum Gasteiger partial charge on any atom is -0.276 e.